The van der Waals surface area contributed by atoms with Gasteiger partial charge < -0.3 is 5.32 Å². The molecule has 0 saturated carbocycles. The van der Waals surface area contributed by atoms with Crippen molar-refractivity contribution in [3.05, 3.63) is 35.4 Å². The fourth-order valence-electron chi connectivity index (χ4n) is 2.58. The number of benzene rings is 1. The Balaban J connectivity index is 2.05. The zero-order valence-corrected chi connectivity index (χ0v) is 14.9. The van der Waals surface area contributed by atoms with Gasteiger partial charge in [0.2, 0.25) is 5.91 Å². The standard InChI is InChI=1S/C18H22F3N3O2/c1-11(2)10-24-16(25)9-8-15(23-24)17(26)22-12(3)13-4-6-14(7-5-13)18(19,20)21/h4-7,11-12H,8-10H2,1-3H3,(H,22,26)/t12-/m1/s1. The highest BCUT2D eigenvalue weighted by Crippen LogP contribution is 2.29. The molecule has 1 aromatic carbocycles. The summed E-state index contributed by atoms with van der Waals surface area (Å²) in [6.07, 6.45) is -3.93. The van der Waals surface area contributed by atoms with Gasteiger partial charge >= 0.3 is 6.18 Å². The lowest BCUT2D eigenvalue weighted by Gasteiger charge is -2.25. The summed E-state index contributed by atoms with van der Waals surface area (Å²) in [6.45, 7) is 6.01. The van der Waals surface area contributed by atoms with Crippen LogP contribution in [0.5, 0.6) is 0 Å². The molecule has 0 bridgehead atoms. The van der Waals surface area contributed by atoms with Crippen LogP contribution in [0.4, 0.5) is 13.2 Å². The number of amides is 2. The lowest BCUT2D eigenvalue weighted by atomic mass is 10.0. The maximum absolute atomic E-state index is 12.6. The maximum atomic E-state index is 12.6. The quantitative estimate of drug-likeness (QED) is 0.863. The van der Waals surface area contributed by atoms with E-state index in [-0.39, 0.29) is 30.4 Å². The highest BCUT2D eigenvalue weighted by atomic mass is 19.4. The van der Waals surface area contributed by atoms with Crippen LogP contribution in [0.25, 0.3) is 0 Å². The minimum absolute atomic E-state index is 0.119. The molecule has 0 aliphatic carbocycles. The Morgan fingerprint density at radius 3 is 2.35 bits per heavy atom. The average Bonchev–Trinajstić information content (AvgIpc) is 2.55. The molecule has 2 rings (SSSR count). The zero-order valence-electron chi connectivity index (χ0n) is 14.9. The number of carbonyl (C=O) groups excluding carboxylic acids is 2. The highest BCUT2D eigenvalue weighted by molar-refractivity contribution is 6.39. The smallest absolute Gasteiger partial charge is 0.344 e. The molecule has 26 heavy (non-hydrogen) atoms. The number of carbonyl (C=O) groups is 2. The molecule has 0 spiro atoms. The first-order chi connectivity index (χ1) is 12.1. The van der Waals surface area contributed by atoms with E-state index in [4.69, 9.17) is 0 Å². The summed E-state index contributed by atoms with van der Waals surface area (Å²) in [5, 5.41) is 8.17. The largest absolute Gasteiger partial charge is 0.416 e. The second kappa shape index (κ2) is 7.88. The van der Waals surface area contributed by atoms with Crippen molar-refractivity contribution >= 4 is 17.5 Å². The van der Waals surface area contributed by atoms with Crippen molar-refractivity contribution in [2.45, 2.75) is 45.8 Å². The molecule has 142 valence electrons. The molecule has 0 unspecified atom stereocenters. The third-order valence-corrected chi connectivity index (χ3v) is 3.99. The normalized spacial score (nSPS) is 16.5. The van der Waals surface area contributed by atoms with Crippen LogP contribution in [0.3, 0.4) is 0 Å². The number of nitrogens with zero attached hydrogens (tertiary/aromatic N) is 2. The molecule has 0 saturated heterocycles. The predicted octanol–water partition coefficient (Wildman–Crippen LogP) is 3.52. The summed E-state index contributed by atoms with van der Waals surface area (Å²) < 4.78 is 37.8. The SMILES string of the molecule is CC(C)CN1N=C(C(=O)N[C@H](C)c2ccc(C(F)(F)F)cc2)CCC1=O. The number of rotatable bonds is 5. The lowest BCUT2D eigenvalue weighted by molar-refractivity contribution is -0.137. The monoisotopic (exact) mass is 369 g/mol. The highest BCUT2D eigenvalue weighted by Gasteiger charge is 2.30. The number of hydrazone groups is 1. The van der Waals surface area contributed by atoms with Crippen molar-refractivity contribution in [1.29, 1.82) is 0 Å². The number of nitrogens with one attached hydrogen (secondary N) is 1. The first-order valence-electron chi connectivity index (χ1n) is 8.43. The number of halogens is 3. The Hall–Kier alpha value is -2.38. The van der Waals surface area contributed by atoms with Crippen molar-refractivity contribution < 1.29 is 22.8 Å². The topological polar surface area (TPSA) is 61.8 Å². The van der Waals surface area contributed by atoms with Crippen molar-refractivity contribution in [3.63, 3.8) is 0 Å². The summed E-state index contributed by atoms with van der Waals surface area (Å²) in [4.78, 5) is 24.2. The Labute approximate surface area is 150 Å². The second-order valence-corrected chi connectivity index (χ2v) is 6.73. The van der Waals surface area contributed by atoms with Gasteiger partial charge in [0.15, 0.2) is 0 Å². The van der Waals surface area contributed by atoms with Gasteiger partial charge in [-0.1, -0.05) is 26.0 Å². The fraction of sp³-hybridized carbons (Fsp3) is 0.500. The summed E-state index contributed by atoms with van der Waals surface area (Å²) in [6, 6.07) is 4.16. The van der Waals surface area contributed by atoms with Gasteiger partial charge in [0, 0.05) is 19.4 Å². The van der Waals surface area contributed by atoms with Crippen LogP contribution < -0.4 is 5.32 Å². The van der Waals surface area contributed by atoms with Crippen LogP contribution in [0.15, 0.2) is 29.4 Å². The van der Waals surface area contributed by atoms with Crippen LogP contribution in [0.1, 0.15) is 50.8 Å². The first kappa shape index (κ1) is 19.9. The molecule has 1 aliphatic rings. The van der Waals surface area contributed by atoms with E-state index in [0.717, 1.165) is 12.1 Å². The van der Waals surface area contributed by atoms with E-state index in [9.17, 15) is 22.8 Å². The predicted molar refractivity (Wildman–Crippen MR) is 91.2 cm³/mol. The maximum Gasteiger partial charge on any atom is 0.416 e. The van der Waals surface area contributed by atoms with Crippen LogP contribution in [-0.2, 0) is 15.8 Å². The lowest BCUT2D eigenvalue weighted by Crippen LogP contribution is -2.40. The van der Waals surface area contributed by atoms with Crippen LogP contribution in [0, 0.1) is 5.92 Å². The molecule has 2 amide bonds. The molecule has 0 radical (unpaired) electrons. The van der Waals surface area contributed by atoms with E-state index < -0.39 is 23.7 Å². The van der Waals surface area contributed by atoms with Crippen molar-refractivity contribution in [2.24, 2.45) is 11.0 Å². The number of alkyl halides is 3. The van der Waals surface area contributed by atoms with Gasteiger partial charge in [-0.2, -0.15) is 18.3 Å². The Morgan fingerprint density at radius 2 is 1.81 bits per heavy atom. The summed E-state index contributed by atoms with van der Waals surface area (Å²) in [7, 11) is 0. The van der Waals surface area contributed by atoms with Crippen LogP contribution in [-0.4, -0.2) is 29.1 Å². The molecule has 0 fully saturated rings. The van der Waals surface area contributed by atoms with Crippen molar-refractivity contribution in [3.8, 4) is 0 Å². The molecule has 1 atom stereocenters. The summed E-state index contributed by atoms with van der Waals surface area (Å²) in [5.74, 6) is -0.319. The van der Waals surface area contributed by atoms with Gasteiger partial charge in [0.1, 0.15) is 5.71 Å². The molecule has 1 aliphatic heterocycles. The van der Waals surface area contributed by atoms with Crippen molar-refractivity contribution in [2.75, 3.05) is 6.54 Å². The van der Waals surface area contributed by atoms with E-state index in [2.05, 4.69) is 10.4 Å². The third kappa shape index (κ3) is 5.06. The Bertz CT molecular complexity index is 697. The van der Waals surface area contributed by atoms with Gasteiger partial charge in [0.05, 0.1) is 11.6 Å². The summed E-state index contributed by atoms with van der Waals surface area (Å²) >= 11 is 0. The van der Waals surface area contributed by atoms with Crippen molar-refractivity contribution in [1.82, 2.24) is 10.3 Å². The van der Waals surface area contributed by atoms with Gasteiger partial charge in [-0.15, -0.1) is 0 Å². The van der Waals surface area contributed by atoms with Gasteiger partial charge in [-0.3, -0.25) is 9.59 Å². The van der Waals surface area contributed by atoms with E-state index in [1.807, 2.05) is 13.8 Å². The molecule has 1 N–H and O–H groups in total. The molecule has 5 nitrogen and oxygen atoms in total. The molecule has 1 aromatic rings. The average molecular weight is 369 g/mol. The fourth-order valence-corrected chi connectivity index (χ4v) is 2.58. The third-order valence-electron chi connectivity index (χ3n) is 3.99. The van der Waals surface area contributed by atoms with E-state index >= 15 is 0 Å². The van der Waals surface area contributed by atoms with E-state index in [1.165, 1.54) is 17.1 Å². The molecule has 0 aromatic heterocycles. The van der Waals surface area contributed by atoms with Gasteiger partial charge in [0.25, 0.3) is 5.91 Å². The second-order valence-electron chi connectivity index (χ2n) is 6.73. The van der Waals surface area contributed by atoms with Gasteiger partial charge in [-0.05, 0) is 30.5 Å². The first-order valence-corrected chi connectivity index (χ1v) is 8.43. The van der Waals surface area contributed by atoms with Gasteiger partial charge in [-0.25, -0.2) is 5.01 Å². The van der Waals surface area contributed by atoms with E-state index in [1.54, 1.807) is 6.92 Å². The Morgan fingerprint density at radius 1 is 1.19 bits per heavy atom. The Kier molecular flexibility index (Phi) is 6.05. The minimum Gasteiger partial charge on any atom is -0.344 e. The zero-order chi connectivity index (χ0) is 19.5. The molecule has 8 heteroatoms. The molecule has 1 heterocycles. The molecular formula is C18H22F3N3O2. The minimum atomic E-state index is -4.39. The number of hydrogen-bond acceptors (Lipinski definition) is 3. The number of hydrogen-bond donors (Lipinski definition) is 1. The van der Waals surface area contributed by atoms with Crippen LogP contribution >= 0.6 is 0 Å². The van der Waals surface area contributed by atoms with E-state index in [0.29, 0.717) is 12.1 Å². The molecular weight excluding hydrogens is 347 g/mol. The summed E-state index contributed by atoms with van der Waals surface area (Å²) in [5.41, 5.74) is 0.0705. The van der Waals surface area contributed by atoms with Crippen LogP contribution in [0.2, 0.25) is 0 Å².